The fourth-order valence-corrected chi connectivity index (χ4v) is 2.17. The first kappa shape index (κ1) is 11.6. The molecule has 1 aromatic rings. The number of ether oxygens (including phenoxy) is 1. The summed E-state index contributed by atoms with van der Waals surface area (Å²) in [5, 5.41) is 3.04. The number of benzene rings is 1. The molecule has 1 aliphatic heterocycles. The van der Waals surface area contributed by atoms with E-state index in [-0.39, 0.29) is 5.75 Å². The van der Waals surface area contributed by atoms with E-state index < -0.39 is 17.2 Å². The Balaban J connectivity index is 2.58. The molecule has 0 aliphatic carbocycles. The van der Waals surface area contributed by atoms with Crippen LogP contribution in [0.3, 0.4) is 0 Å². The number of anilines is 1. The van der Waals surface area contributed by atoms with Gasteiger partial charge in [-0.3, -0.25) is 0 Å². The van der Waals surface area contributed by atoms with Crippen LogP contribution in [0.15, 0.2) is 10.5 Å². The molecule has 0 bridgehead atoms. The van der Waals surface area contributed by atoms with E-state index in [1.807, 2.05) is 13.8 Å². The normalized spacial score (nSPS) is 18.1. The van der Waals surface area contributed by atoms with Crippen molar-refractivity contribution in [2.45, 2.75) is 25.9 Å². The van der Waals surface area contributed by atoms with Crippen LogP contribution >= 0.6 is 15.9 Å². The topological polar surface area (TPSA) is 21.3 Å². The Labute approximate surface area is 101 Å². The molecule has 0 saturated heterocycles. The zero-order valence-electron chi connectivity index (χ0n) is 9.03. The van der Waals surface area contributed by atoms with Gasteiger partial charge in [-0.05, 0) is 35.8 Å². The highest BCUT2D eigenvalue weighted by Crippen LogP contribution is 2.40. The molecule has 1 heterocycles. The molecule has 88 valence electrons. The lowest BCUT2D eigenvalue weighted by Gasteiger charge is -2.24. The van der Waals surface area contributed by atoms with E-state index in [0.717, 1.165) is 12.5 Å². The number of rotatable bonds is 0. The number of hydrogen-bond acceptors (Lipinski definition) is 2. The van der Waals surface area contributed by atoms with Gasteiger partial charge >= 0.3 is 0 Å². The van der Waals surface area contributed by atoms with Gasteiger partial charge in [0.1, 0.15) is 5.60 Å². The summed E-state index contributed by atoms with van der Waals surface area (Å²) in [5.41, 5.74) is -0.0312. The van der Waals surface area contributed by atoms with Crippen molar-refractivity contribution in [1.29, 1.82) is 0 Å². The zero-order valence-corrected chi connectivity index (χ0v) is 10.6. The fourth-order valence-electron chi connectivity index (χ4n) is 1.65. The van der Waals surface area contributed by atoms with Gasteiger partial charge in [-0.25, -0.2) is 4.39 Å². The second kappa shape index (κ2) is 3.87. The van der Waals surface area contributed by atoms with Crippen molar-refractivity contribution in [1.82, 2.24) is 0 Å². The number of halogens is 3. The van der Waals surface area contributed by atoms with Crippen molar-refractivity contribution < 1.29 is 13.5 Å². The Morgan fingerprint density at radius 2 is 2.12 bits per heavy atom. The second-order valence-corrected chi connectivity index (χ2v) is 5.25. The summed E-state index contributed by atoms with van der Waals surface area (Å²) in [4.78, 5) is 0. The molecule has 0 unspecified atom stereocenters. The first-order valence-corrected chi connectivity index (χ1v) is 5.80. The smallest absolute Gasteiger partial charge is 0.202 e. The standard InChI is InChI=1S/C11H12BrF2NO/c1-11(2)3-4-15-9-6(12)5-7(13)8(14)10(9)16-11/h5,15H,3-4H2,1-2H3. The second-order valence-electron chi connectivity index (χ2n) is 4.40. The van der Waals surface area contributed by atoms with Gasteiger partial charge in [0.2, 0.25) is 5.82 Å². The molecule has 0 atom stereocenters. The average Bonchev–Trinajstić information content (AvgIpc) is 2.33. The van der Waals surface area contributed by atoms with Crippen molar-refractivity contribution in [2.75, 3.05) is 11.9 Å². The minimum Gasteiger partial charge on any atom is -0.482 e. The third kappa shape index (κ3) is 2.00. The summed E-state index contributed by atoms with van der Waals surface area (Å²) in [6.45, 7) is 4.35. The molecule has 1 aromatic carbocycles. The Hall–Kier alpha value is -0.840. The first-order valence-electron chi connectivity index (χ1n) is 5.01. The molecule has 0 amide bonds. The van der Waals surface area contributed by atoms with E-state index in [2.05, 4.69) is 21.2 Å². The van der Waals surface area contributed by atoms with E-state index in [9.17, 15) is 8.78 Å². The first-order chi connectivity index (χ1) is 7.41. The lowest BCUT2D eigenvalue weighted by atomic mass is 10.1. The van der Waals surface area contributed by atoms with Crippen LogP contribution in [0.2, 0.25) is 0 Å². The van der Waals surface area contributed by atoms with Gasteiger partial charge in [-0.15, -0.1) is 0 Å². The molecule has 2 nitrogen and oxygen atoms in total. The van der Waals surface area contributed by atoms with Gasteiger partial charge in [0.15, 0.2) is 11.6 Å². The van der Waals surface area contributed by atoms with Gasteiger partial charge in [0.25, 0.3) is 0 Å². The molecular weight excluding hydrogens is 280 g/mol. The van der Waals surface area contributed by atoms with Crippen molar-refractivity contribution in [2.24, 2.45) is 0 Å². The highest BCUT2D eigenvalue weighted by Gasteiger charge is 2.29. The van der Waals surface area contributed by atoms with Crippen LogP contribution in [0, 0.1) is 11.6 Å². The Morgan fingerprint density at radius 1 is 1.44 bits per heavy atom. The van der Waals surface area contributed by atoms with Crippen molar-refractivity contribution >= 4 is 21.6 Å². The zero-order chi connectivity index (χ0) is 11.9. The minimum atomic E-state index is -0.944. The molecule has 1 N–H and O–H groups in total. The maximum absolute atomic E-state index is 13.6. The van der Waals surface area contributed by atoms with E-state index in [4.69, 9.17) is 4.74 Å². The van der Waals surface area contributed by atoms with E-state index in [0.29, 0.717) is 16.7 Å². The Bertz CT molecular complexity index is 434. The predicted molar refractivity (Wildman–Crippen MR) is 61.9 cm³/mol. The molecule has 0 spiro atoms. The maximum atomic E-state index is 13.6. The third-order valence-electron chi connectivity index (χ3n) is 2.54. The summed E-state index contributed by atoms with van der Waals surface area (Å²) >= 11 is 3.19. The fraction of sp³-hybridized carbons (Fsp3) is 0.455. The third-order valence-corrected chi connectivity index (χ3v) is 3.16. The lowest BCUT2D eigenvalue weighted by Crippen LogP contribution is -2.28. The largest absolute Gasteiger partial charge is 0.482 e. The number of fused-ring (bicyclic) bond motifs is 1. The molecule has 5 heteroatoms. The van der Waals surface area contributed by atoms with Gasteiger partial charge in [0.05, 0.1) is 5.69 Å². The van der Waals surface area contributed by atoms with Crippen molar-refractivity contribution in [3.05, 3.63) is 22.2 Å². The average molecular weight is 292 g/mol. The molecular formula is C11H12BrF2NO. The summed E-state index contributed by atoms with van der Waals surface area (Å²) in [5.74, 6) is -1.90. The Morgan fingerprint density at radius 3 is 2.81 bits per heavy atom. The van der Waals surface area contributed by atoms with Crippen LogP contribution in [0.4, 0.5) is 14.5 Å². The molecule has 0 fully saturated rings. The van der Waals surface area contributed by atoms with Gasteiger partial charge in [-0.1, -0.05) is 0 Å². The van der Waals surface area contributed by atoms with Gasteiger partial charge in [-0.2, -0.15) is 4.39 Å². The van der Waals surface area contributed by atoms with Crippen LogP contribution in [0.1, 0.15) is 20.3 Å². The number of nitrogens with one attached hydrogen (secondary N) is 1. The highest BCUT2D eigenvalue weighted by atomic mass is 79.9. The van der Waals surface area contributed by atoms with Crippen molar-refractivity contribution in [3.8, 4) is 5.75 Å². The van der Waals surface area contributed by atoms with E-state index in [1.165, 1.54) is 0 Å². The lowest BCUT2D eigenvalue weighted by molar-refractivity contribution is 0.102. The summed E-state index contributed by atoms with van der Waals surface area (Å²) in [6.07, 6.45) is 0.717. The summed E-state index contributed by atoms with van der Waals surface area (Å²) < 4.78 is 32.9. The summed E-state index contributed by atoms with van der Waals surface area (Å²) in [7, 11) is 0. The van der Waals surface area contributed by atoms with Crippen LogP contribution in [0.5, 0.6) is 5.75 Å². The van der Waals surface area contributed by atoms with Crippen molar-refractivity contribution in [3.63, 3.8) is 0 Å². The molecule has 2 rings (SSSR count). The quantitative estimate of drug-likeness (QED) is 0.736. The molecule has 1 aliphatic rings. The molecule has 16 heavy (non-hydrogen) atoms. The maximum Gasteiger partial charge on any atom is 0.202 e. The molecule has 0 aromatic heterocycles. The molecule has 0 radical (unpaired) electrons. The highest BCUT2D eigenvalue weighted by molar-refractivity contribution is 9.10. The van der Waals surface area contributed by atoms with Crippen LogP contribution in [-0.2, 0) is 0 Å². The van der Waals surface area contributed by atoms with Crippen LogP contribution < -0.4 is 10.1 Å². The monoisotopic (exact) mass is 291 g/mol. The minimum absolute atomic E-state index is 0.0469. The summed E-state index contributed by atoms with van der Waals surface area (Å²) in [6, 6.07) is 1.10. The predicted octanol–water partition coefficient (Wildman–Crippen LogP) is 3.70. The van der Waals surface area contributed by atoms with Gasteiger partial charge in [0, 0.05) is 17.4 Å². The van der Waals surface area contributed by atoms with Crippen LogP contribution in [-0.4, -0.2) is 12.1 Å². The molecule has 0 saturated carbocycles. The van der Waals surface area contributed by atoms with E-state index >= 15 is 0 Å². The van der Waals surface area contributed by atoms with Gasteiger partial charge < -0.3 is 10.1 Å². The van der Waals surface area contributed by atoms with Crippen LogP contribution in [0.25, 0.3) is 0 Å². The SMILES string of the molecule is CC1(C)CCNc2c(Br)cc(F)c(F)c2O1. The van der Waals surface area contributed by atoms with E-state index in [1.54, 1.807) is 0 Å². The Kier molecular flexibility index (Phi) is 2.82. The number of hydrogen-bond donors (Lipinski definition) is 1.